The molecule has 0 saturated carbocycles. The van der Waals surface area contributed by atoms with E-state index in [1.54, 1.807) is 11.3 Å². The summed E-state index contributed by atoms with van der Waals surface area (Å²) in [6.45, 7) is 4.59. The molecule has 21 heavy (non-hydrogen) atoms. The predicted molar refractivity (Wildman–Crippen MR) is 81.8 cm³/mol. The zero-order valence-electron chi connectivity index (χ0n) is 11.9. The molecule has 0 saturated heterocycles. The number of non-ortho nitro benzene ring substituents is 1. The van der Waals surface area contributed by atoms with Gasteiger partial charge in [-0.2, -0.15) is 0 Å². The molecule has 112 valence electrons. The summed E-state index contributed by atoms with van der Waals surface area (Å²) in [4.78, 5) is 11.4. The fourth-order valence-electron chi connectivity index (χ4n) is 2.20. The van der Waals surface area contributed by atoms with Crippen molar-refractivity contribution in [2.45, 2.75) is 26.4 Å². The van der Waals surface area contributed by atoms with Gasteiger partial charge in [0.25, 0.3) is 5.69 Å². The molecule has 6 heteroatoms. The SMILES string of the molecule is CC(C)C(NCc1cc(F)cc([N+](=O)[O-])c1)c1cccs1. The van der Waals surface area contributed by atoms with Crippen LogP contribution < -0.4 is 5.32 Å². The maximum atomic E-state index is 13.4. The van der Waals surface area contributed by atoms with Crippen molar-refractivity contribution >= 4 is 17.0 Å². The van der Waals surface area contributed by atoms with E-state index in [1.165, 1.54) is 17.0 Å². The van der Waals surface area contributed by atoms with E-state index in [2.05, 4.69) is 25.2 Å². The van der Waals surface area contributed by atoms with Gasteiger partial charge in [0, 0.05) is 23.5 Å². The van der Waals surface area contributed by atoms with E-state index in [4.69, 9.17) is 0 Å². The van der Waals surface area contributed by atoms with Crippen molar-refractivity contribution in [3.63, 3.8) is 0 Å². The summed E-state index contributed by atoms with van der Waals surface area (Å²) < 4.78 is 13.4. The molecular weight excluding hydrogens is 291 g/mol. The number of nitro benzene ring substituents is 1. The number of rotatable bonds is 6. The van der Waals surface area contributed by atoms with E-state index in [9.17, 15) is 14.5 Å². The Morgan fingerprint density at radius 1 is 1.38 bits per heavy atom. The Morgan fingerprint density at radius 3 is 2.71 bits per heavy atom. The molecule has 2 aromatic rings. The lowest BCUT2D eigenvalue weighted by atomic mass is 10.0. The number of nitrogens with zero attached hydrogens (tertiary/aromatic N) is 1. The van der Waals surface area contributed by atoms with Gasteiger partial charge in [-0.25, -0.2) is 4.39 Å². The lowest BCUT2D eigenvalue weighted by Gasteiger charge is -2.21. The number of thiophene rings is 1. The average Bonchev–Trinajstić information content (AvgIpc) is 2.91. The standard InChI is InChI=1S/C15H17FN2O2S/c1-10(2)15(14-4-3-5-21-14)17-9-11-6-12(16)8-13(7-11)18(19)20/h3-8,10,15,17H,9H2,1-2H3. The quantitative estimate of drug-likeness (QED) is 0.640. The van der Waals surface area contributed by atoms with Crippen molar-refractivity contribution in [2.75, 3.05) is 0 Å². The highest BCUT2D eigenvalue weighted by Gasteiger charge is 2.17. The normalized spacial score (nSPS) is 12.6. The maximum absolute atomic E-state index is 13.4. The van der Waals surface area contributed by atoms with Crippen molar-refractivity contribution in [2.24, 2.45) is 5.92 Å². The van der Waals surface area contributed by atoms with Crippen LogP contribution in [0, 0.1) is 21.8 Å². The maximum Gasteiger partial charge on any atom is 0.272 e. The van der Waals surface area contributed by atoms with Crippen molar-refractivity contribution in [1.29, 1.82) is 0 Å². The molecule has 1 unspecified atom stereocenters. The number of hydrogen-bond donors (Lipinski definition) is 1. The monoisotopic (exact) mass is 308 g/mol. The van der Waals surface area contributed by atoms with E-state index in [0.29, 0.717) is 18.0 Å². The molecule has 0 spiro atoms. The van der Waals surface area contributed by atoms with Gasteiger partial charge in [0.1, 0.15) is 5.82 Å². The molecule has 0 aliphatic heterocycles. The zero-order valence-corrected chi connectivity index (χ0v) is 12.7. The largest absolute Gasteiger partial charge is 0.305 e. The minimum absolute atomic E-state index is 0.146. The molecule has 2 rings (SSSR count). The second-order valence-corrected chi connectivity index (χ2v) is 6.17. The second-order valence-electron chi connectivity index (χ2n) is 5.19. The fraction of sp³-hybridized carbons (Fsp3) is 0.333. The van der Waals surface area contributed by atoms with Crippen LogP contribution in [-0.4, -0.2) is 4.92 Å². The summed E-state index contributed by atoms with van der Waals surface area (Å²) in [5.41, 5.74) is 0.355. The first-order valence-corrected chi connectivity index (χ1v) is 7.56. The highest BCUT2D eigenvalue weighted by Crippen LogP contribution is 2.26. The minimum Gasteiger partial charge on any atom is -0.305 e. The van der Waals surface area contributed by atoms with Gasteiger partial charge in [-0.15, -0.1) is 11.3 Å². The van der Waals surface area contributed by atoms with E-state index < -0.39 is 10.7 Å². The average molecular weight is 308 g/mol. The van der Waals surface area contributed by atoms with E-state index >= 15 is 0 Å². The van der Waals surface area contributed by atoms with E-state index in [0.717, 1.165) is 6.07 Å². The molecule has 1 aromatic heterocycles. The van der Waals surface area contributed by atoms with Crippen molar-refractivity contribution in [3.8, 4) is 0 Å². The fourth-order valence-corrected chi connectivity index (χ4v) is 3.18. The lowest BCUT2D eigenvalue weighted by molar-refractivity contribution is -0.385. The number of nitrogens with one attached hydrogen (secondary N) is 1. The van der Waals surface area contributed by atoms with Gasteiger partial charge < -0.3 is 5.32 Å². The molecule has 0 aliphatic rings. The van der Waals surface area contributed by atoms with Crippen molar-refractivity contribution in [3.05, 3.63) is 62.1 Å². The first-order valence-electron chi connectivity index (χ1n) is 6.68. The molecule has 1 N–H and O–H groups in total. The van der Waals surface area contributed by atoms with Gasteiger partial charge in [-0.05, 0) is 29.0 Å². The van der Waals surface area contributed by atoms with Crippen LogP contribution in [-0.2, 0) is 6.54 Å². The summed E-state index contributed by atoms with van der Waals surface area (Å²) in [6, 6.07) is 7.85. The summed E-state index contributed by atoms with van der Waals surface area (Å²) in [5, 5.41) is 16.1. The van der Waals surface area contributed by atoms with E-state index in [1.807, 2.05) is 11.4 Å². The molecule has 0 radical (unpaired) electrons. The van der Waals surface area contributed by atoms with Gasteiger partial charge in [0.05, 0.1) is 11.0 Å². The molecule has 0 aliphatic carbocycles. The topological polar surface area (TPSA) is 55.2 Å². The Kier molecular flexibility index (Phi) is 5.03. The van der Waals surface area contributed by atoms with Crippen LogP contribution >= 0.6 is 11.3 Å². The number of halogens is 1. The van der Waals surface area contributed by atoms with Crippen LogP contribution in [0.2, 0.25) is 0 Å². The molecular formula is C15H17FN2O2S. The second kappa shape index (κ2) is 6.78. The van der Waals surface area contributed by atoms with Crippen LogP contribution in [0.25, 0.3) is 0 Å². The van der Waals surface area contributed by atoms with Crippen LogP contribution in [0.1, 0.15) is 30.3 Å². The molecule has 1 heterocycles. The number of hydrogen-bond acceptors (Lipinski definition) is 4. The minimum atomic E-state index is -0.585. The lowest BCUT2D eigenvalue weighted by Crippen LogP contribution is -2.24. The predicted octanol–water partition coefficient (Wildman–Crippen LogP) is 4.28. The first kappa shape index (κ1) is 15.6. The summed E-state index contributed by atoms with van der Waals surface area (Å²) in [6.07, 6.45) is 0. The number of benzene rings is 1. The van der Waals surface area contributed by atoms with Gasteiger partial charge >= 0.3 is 0 Å². The van der Waals surface area contributed by atoms with Gasteiger partial charge in [-0.3, -0.25) is 10.1 Å². The molecule has 0 amide bonds. The smallest absolute Gasteiger partial charge is 0.272 e. The highest BCUT2D eigenvalue weighted by atomic mass is 32.1. The third kappa shape index (κ3) is 4.09. The van der Waals surface area contributed by atoms with Gasteiger partial charge in [-0.1, -0.05) is 19.9 Å². The van der Waals surface area contributed by atoms with E-state index in [-0.39, 0.29) is 11.7 Å². The summed E-state index contributed by atoms with van der Waals surface area (Å²) >= 11 is 1.66. The van der Waals surface area contributed by atoms with Gasteiger partial charge in [0.15, 0.2) is 0 Å². The molecule has 1 atom stereocenters. The first-order chi connectivity index (χ1) is 9.97. The van der Waals surface area contributed by atoms with Crippen LogP contribution in [0.15, 0.2) is 35.7 Å². The van der Waals surface area contributed by atoms with Crippen LogP contribution in [0.5, 0.6) is 0 Å². The molecule has 0 fully saturated rings. The third-order valence-corrected chi connectivity index (χ3v) is 4.15. The molecule has 0 bridgehead atoms. The summed E-state index contributed by atoms with van der Waals surface area (Å²) in [7, 11) is 0. The molecule has 4 nitrogen and oxygen atoms in total. The number of nitro groups is 1. The highest BCUT2D eigenvalue weighted by molar-refractivity contribution is 7.10. The Hall–Kier alpha value is -1.79. The van der Waals surface area contributed by atoms with Gasteiger partial charge in [0.2, 0.25) is 0 Å². The Labute approximate surface area is 126 Å². The Morgan fingerprint density at radius 2 is 2.14 bits per heavy atom. The third-order valence-electron chi connectivity index (χ3n) is 3.20. The van der Waals surface area contributed by atoms with Crippen LogP contribution in [0.3, 0.4) is 0 Å². The Balaban J connectivity index is 2.13. The zero-order chi connectivity index (χ0) is 15.4. The van der Waals surface area contributed by atoms with Crippen molar-refractivity contribution in [1.82, 2.24) is 5.32 Å². The molecule has 1 aromatic carbocycles. The Bertz CT molecular complexity index is 614. The van der Waals surface area contributed by atoms with Crippen LogP contribution in [0.4, 0.5) is 10.1 Å². The van der Waals surface area contributed by atoms with Crippen molar-refractivity contribution < 1.29 is 9.31 Å². The summed E-state index contributed by atoms with van der Waals surface area (Å²) in [5.74, 6) is -0.217.